The van der Waals surface area contributed by atoms with Gasteiger partial charge >= 0.3 is 0 Å². The van der Waals surface area contributed by atoms with Gasteiger partial charge in [0.05, 0.1) is 25.4 Å². The highest BCUT2D eigenvalue weighted by Gasteiger charge is 2.24. The summed E-state index contributed by atoms with van der Waals surface area (Å²) < 4.78 is 13.2. The minimum absolute atomic E-state index is 0.834. The summed E-state index contributed by atoms with van der Waals surface area (Å²) in [6.45, 7) is 3.58. The van der Waals surface area contributed by atoms with Crippen LogP contribution in [-0.4, -0.2) is 54.9 Å². The summed E-state index contributed by atoms with van der Waals surface area (Å²) >= 11 is 0. The zero-order chi connectivity index (χ0) is 20.7. The molecule has 0 spiro atoms. The van der Waals surface area contributed by atoms with Gasteiger partial charge in [0, 0.05) is 38.6 Å². The van der Waals surface area contributed by atoms with E-state index in [0.717, 1.165) is 71.1 Å². The summed E-state index contributed by atoms with van der Waals surface area (Å²) in [5.74, 6) is 2.73. The normalized spacial score (nSPS) is 14.5. The van der Waals surface area contributed by atoms with Gasteiger partial charge in [-0.1, -0.05) is 12.1 Å². The average molecular weight is 403 g/mol. The van der Waals surface area contributed by atoms with Crippen LogP contribution in [0.1, 0.15) is 0 Å². The molecule has 154 valence electrons. The highest BCUT2D eigenvalue weighted by Crippen LogP contribution is 2.35. The maximum Gasteiger partial charge on any atom is 0.156 e. The van der Waals surface area contributed by atoms with Crippen LogP contribution >= 0.6 is 0 Å². The van der Waals surface area contributed by atoms with Crippen molar-refractivity contribution in [3.8, 4) is 11.5 Å². The molecule has 1 fully saturated rings. The topological polar surface area (TPSA) is 55.7 Å². The number of ether oxygens (including phenoxy) is 2. The molecule has 1 aliphatic rings. The lowest BCUT2D eigenvalue weighted by Gasteiger charge is -2.37. The smallest absolute Gasteiger partial charge is 0.156 e. The Labute approximate surface area is 175 Å². The molecule has 0 radical (unpaired) electrons. The molecule has 4 aromatic rings. The zero-order valence-corrected chi connectivity index (χ0v) is 17.5. The molecule has 3 heterocycles. The van der Waals surface area contributed by atoms with Crippen LogP contribution in [0.15, 0.2) is 48.8 Å². The van der Waals surface area contributed by atoms with Gasteiger partial charge in [-0.15, -0.1) is 0 Å². The van der Waals surface area contributed by atoms with Gasteiger partial charge in [-0.3, -0.25) is 0 Å². The third-order valence-corrected chi connectivity index (χ3v) is 5.96. The first-order valence-electron chi connectivity index (χ1n) is 10.1. The number of nitrogens with zero attached hydrogens (tertiary/aromatic N) is 5. The fraction of sp³-hybridized carbons (Fsp3) is 0.304. The van der Waals surface area contributed by atoms with Crippen LogP contribution in [0, 0.1) is 0 Å². The van der Waals surface area contributed by atoms with E-state index in [1.807, 2.05) is 24.3 Å². The van der Waals surface area contributed by atoms with Crippen molar-refractivity contribution in [1.29, 1.82) is 0 Å². The highest BCUT2D eigenvalue weighted by atomic mass is 16.5. The molecular weight excluding hydrogens is 378 g/mol. The molecule has 1 aliphatic heterocycles. The Morgan fingerprint density at radius 3 is 2.40 bits per heavy atom. The maximum atomic E-state index is 5.55. The number of anilines is 2. The predicted octanol–water partition coefficient (Wildman–Crippen LogP) is 3.47. The second-order valence-corrected chi connectivity index (χ2v) is 7.48. The molecular formula is C23H25N5O2. The Morgan fingerprint density at radius 2 is 1.63 bits per heavy atom. The number of aromatic nitrogens is 3. The summed E-state index contributed by atoms with van der Waals surface area (Å²) in [5.41, 5.74) is 4.29. The van der Waals surface area contributed by atoms with Crippen molar-refractivity contribution in [2.24, 2.45) is 7.05 Å². The first-order chi connectivity index (χ1) is 14.7. The standard InChI is InChI=1S/C23H25N5O2/c1-26-18-9-8-16(29-2)14-17(18)21-22(26)23(25-15-24-21)28-12-10-27(11-13-28)19-6-4-5-7-20(19)30-3/h4-9,14-15H,10-13H2,1-3H3. The number of benzene rings is 2. The number of para-hydroxylation sites is 2. The number of piperazine rings is 1. The number of methoxy groups -OCH3 is 2. The maximum absolute atomic E-state index is 5.55. The minimum Gasteiger partial charge on any atom is -0.497 e. The zero-order valence-electron chi connectivity index (χ0n) is 17.5. The first-order valence-corrected chi connectivity index (χ1v) is 10.1. The molecule has 0 aliphatic carbocycles. The molecule has 0 saturated carbocycles. The molecule has 7 heteroatoms. The lowest BCUT2D eigenvalue weighted by Crippen LogP contribution is -2.47. The van der Waals surface area contributed by atoms with Crippen LogP contribution in [0.5, 0.6) is 11.5 Å². The third kappa shape index (κ3) is 2.89. The Kier molecular flexibility index (Phi) is 4.58. The lowest BCUT2D eigenvalue weighted by atomic mass is 10.2. The molecule has 0 bridgehead atoms. The fourth-order valence-electron chi connectivity index (χ4n) is 4.40. The molecule has 2 aromatic heterocycles. The van der Waals surface area contributed by atoms with Gasteiger partial charge in [-0.05, 0) is 30.3 Å². The van der Waals surface area contributed by atoms with Crippen molar-refractivity contribution in [2.45, 2.75) is 0 Å². The van der Waals surface area contributed by atoms with E-state index in [4.69, 9.17) is 9.47 Å². The van der Waals surface area contributed by atoms with E-state index in [9.17, 15) is 0 Å². The van der Waals surface area contributed by atoms with E-state index < -0.39 is 0 Å². The highest BCUT2D eigenvalue weighted by molar-refractivity contribution is 6.09. The predicted molar refractivity (Wildman–Crippen MR) is 120 cm³/mol. The molecule has 7 nitrogen and oxygen atoms in total. The van der Waals surface area contributed by atoms with Crippen molar-refractivity contribution < 1.29 is 9.47 Å². The summed E-state index contributed by atoms with van der Waals surface area (Å²) in [7, 11) is 5.49. The first kappa shape index (κ1) is 18.5. The summed E-state index contributed by atoms with van der Waals surface area (Å²) in [6, 6.07) is 14.3. The van der Waals surface area contributed by atoms with Gasteiger partial charge in [0.1, 0.15) is 28.9 Å². The molecule has 0 atom stereocenters. The summed E-state index contributed by atoms with van der Waals surface area (Å²) in [4.78, 5) is 14.0. The van der Waals surface area contributed by atoms with Gasteiger partial charge in [0.15, 0.2) is 5.82 Å². The number of rotatable bonds is 4. The molecule has 30 heavy (non-hydrogen) atoms. The van der Waals surface area contributed by atoms with Crippen LogP contribution in [-0.2, 0) is 7.05 Å². The molecule has 5 rings (SSSR count). The van der Waals surface area contributed by atoms with Gasteiger partial charge in [-0.25, -0.2) is 9.97 Å². The van der Waals surface area contributed by atoms with Crippen LogP contribution in [0.4, 0.5) is 11.5 Å². The van der Waals surface area contributed by atoms with Gasteiger partial charge in [0.25, 0.3) is 0 Å². The van der Waals surface area contributed by atoms with E-state index in [1.54, 1.807) is 20.5 Å². The average Bonchev–Trinajstić information content (AvgIpc) is 3.10. The minimum atomic E-state index is 0.834. The monoisotopic (exact) mass is 403 g/mol. The Morgan fingerprint density at radius 1 is 0.867 bits per heavy atom. The number of fused-ring (bicyclic) bond motifs is 3. The van der Waals surface area contributed by atoms with Gasteiger partial charge < -0.3 is 23.8 Å². The molecule has 0 amide bonds. The molecule has 0 unspecified atom stereocenters. The lowest BCUT2D eigenvalue weighted by molar-refractivity contribution is 0.413. The van der Waals surface area contributed by atoms with E-state index in [0.29, 0.717) is 0 Å². The van der Waals surface area contributed by atoms with Crippen LogP contribution in [0.25, 0.3) is 21.9 Å². The van der Waals surface area contributed by atoms with Crippen molar-refractivity contribution in [3.63, 3.8) is 0 Å². The Bertz CT molecular complexity index is 1210. The third-order valence-electron chi connectivity index (χ3n) is 5.96. The summed E-state index contributed by atoms with van der Waals surface area (Å²) in [6.07, 6.45) is 1.67. The van der Waals surface area contributed by atoms with Crippen LogP contribution < -0.4 is 19.3 Å². The molecule has 0 N–H and O–H groups in total. The number of hydrogen-bond acceptors (Lipinski definition) is 6. The Hall–Kier alpha value is -3.48. The van der Waals surface area contributed by atoms with Crippen molar-refractivity contribution in [3.05, 3.63) is 48.8 Å². The number of aryl methyl sites for hydroxylation is 1. The largest absolute Gasteiger partial charge is 0.497 e. The van der Waals surface area contributed by atoms with Crippen molar-refractivity contribution >= 4 is 33.4 Å². The van der Waals surface area contributed by atoms with Crippen LogP contribution in [0.3, 0.4) is 0 Å². The van der Waals surface area contributed by atoms with Gasteiger partial charge in [-0.2, -0.15) is 0 Å². The SMILES string of the molecule is COc1ccc2c(c1)c1ncnc(N3CCN(c4ccccc4OC)CC3)c1n2C. The molecule has 1 saturated heterocycles. The second-order valence-electron chi connectivity index (χ2n) is 7.48. The second kappa shape index (κ2) is 7.40. The summed E-state index contributed by atoms with van der Waals surface area (Å²) in [5, 5.41) is 1.09. The van der Waals surface area contributed by atoms with Crippen molar-refractivity contribution in [2.75, 3.05) is 50.2 Å². The van der Waals surface area contributed by atoms with E-state index >= 15 is 0 Å². The quantitative estimate of drug-likeness (QED) is 0.520. The fourth-order valence-corrected chi connectivity index (χ4v) is 4.40. The van der Waals surface area contributed by atoms with Gasteiger partial charge in [0.2, 0.25) is 0 Å². The number of hydrogen-bond donors (Lipinski definition) is 0. The van der Waals surface area contributed by atoms with E-state index in [2.05, 4.69) is 49.6 Å². The van der Waals surface area contributed by atoms with E-state index in [1.165, 1.54) is 0 Å². The Balaban J connectivity index is 1.49. The molecule has 2 aromatic carbocycles. The van der Waals surface area contributed by atoms with Crippen molar-refractivity contribution in [1.82, 2.24) is 14.5 Å². The van der Waals surface area contributed by atoms with E-state index in [-0.39, 0.29) is 0 Å². The van der Waals surface area contributed by atoms with Crippen LogP contribution in [0.2, 0.25) is 0 Å².